The number of halogens is 1. The monoisotopic (exact) mass is 353 g/mol. The van der Waals surface area contributed by atoms with Crippen LogP contribution in [0.4, 0.5) is 0 Å². The molecule has 0 amide bonds. The van der Waals surface area contributed by atoms with Gasteiger partial charge in [-0.1, -0.05) is 12.8 Å². The van der Waals surface area contributed by atoms with Crippen LogP contribution in [0.3, 0.4) is 0 Å². The van der Waals surface area contributed by atoms with E-state index in [1.165, 1.54) is 11.3 Å². The molecule has 0 bridgehead atoms. The molecule has 1 saturated carbocycles. The normalized spacial score (nSPS) is 25.3. The van der Waals surface area contributed by atoms with Crippen molar-refractivity contribution >= 4 is 37.3 Å². The van der Waals surface area contributed by atoms with Gasteiger partial charge in [0.05, 0.1) is 9.89 Å². The summed E-state index contributed by atoms with van der Waals surface area (Å²) in [6.45, 7) is 1.86. The van der Waals surface area contributed by atoms with Crippen molar-refractivity contribution in [2.24, 2.45) is 0 Å². The summed E-state index contributed by atoms with van der Waals surface area (Å²) < 4.78 is 28.1. The standard InChI is InChI=1S/C11H16BrNO3S2/c1-7-6-10(17-11(7)12)18(15,16)13-8-4-2-3-5-9(8)14/h6,8-9,13-14H,2-5H2,1H3/t8-,9-/m0/s1. The molecule has 2 atom stereocenters. The van der Waals surface area contributed by atoms with Gasteiger partial charge in [0.25, 0.3) is 0 Å². The minimum absolute atomic E-state index is 0.296. The second-order valence-electron chi connectivity index (χ2n) is 4.60. The van der Waals surface area contributed by atoms with E-state index in [0.717, 1.165) is 22.2 Å². The molecule has 1 aromatic heterocycles. The first-order valence-electron chi connectivity index (χ1n) is 5.86. The van der Waals surface area contributed by atoms with Crippen molar-refractivity contribution in [3.63, 3.8) is 0 Å². The first kappa shape index (κ1) is 14.5. The van der Waals surface area contributed by atoms with E-state index < -0.39 is 16.1 Å². The Morgan fingerprint density at radius 1 is 1.44 bits per heavy atom. The van der Waals surface area contributed by atoms with Crippen LogP contribution in [0.25, 0.3) is 0 Å². The van der Waals surface area contributed by atoms with Gasteiger partial charge in [0.1, 0.15) is 4.21 Å². The second-order valence-corrected chi connectivity index (χ2v) is 8.91. The van der Waals surface area contributed by atoms with Crippen LogP contribution in [0.5, 0.6) is 0 Å². The van der Waals surface area contributed by atoms with Crippen molar-refractivity contribution in [1.29, 1.82) is 0 Å². The summed E-state index contributed by atoms with van der Waals surface area (Å²) in [5.74, 6) is 0. The van der Waals surface area contributed by atoms with E-state index >= 15 is 0 Å². The first-order valence-corrected chi connectivity index (χ1v) is 8.96. The third-order valence-corrected chi connectivity index (χ3v) is 7.24. The quantitative estimate of drug-likeness (QED) is 0.876. The van der Waals surface area contributed by atoms with Gasteiger partial charge < -0.3 is 5.11 Å². The zero-order chi connectivity index (χ0) is 13.3. The Morgan fingerprint density at radius 3 is 2.67 bits per heavy atom. The first-order chi connectivity index (χ1) is 8.40. The van der Waals surface area contributed by atoms with Crippen LogP contribution in [-0.2, 0) is 10.0 Å². The van der Waals surface area contributed by atoms with Gasteiger partial charge in [-0.2, -0.15) is 0 Å². The average molecular weight is 354 g/mol. The van der Waals surface area contributed by atoms with Crippen molar-refractivity contribution in [2.75, 3.05) is 0 Å². The zero-order valence-electron chi connectivity index (χ0n) is 10.0. The van der Waals surface area contributed by atoms with Crippen molar-refractivity contribution < 1.29 is 13.5 Å². The lowest BCUT2D eigenvalue weighted by Crippen LogP contribution is -2.44. The Kier molecular flexibility index (Phi) is 4.48. The minimum Gasteiger partial charge on any atom is -0.391 e. The Bertz CT molecular complexity index is 507. The number of hydrogen-bond donors (Lipinski definition) is 2. The smallest absolute Gasteiger partial charge is 0.250 e. The van der Waals surface area contributed by atoms with E-state index in [0.29, 0.717) is 17.1 Å². The number of rotatable bonds is 3. The fourth-order valence-electron chi connectivity index (χ4n) is 2.07. The topological polar surface area (TPSA) is 66.4 Å². The van der Waals surface area contributed by atoms with Crippen LogP contribution >= 0.6 is 27.3 Å². The molecule has 0 aliphatic heterocycles. The van der Waals surface area contributed by atoms with Gasteiger partial charge in [0, 0.05) is 6.04 Å². The number of sulfonamides is 1. The molecular weight excluding hydrogens is 338 g/mol. The van der Waals surface area contributed by atoms with Crippen molar-refractivity contribution in [3.8, 4) is 0 Å². The fraction of sp³-hybridized carbons (Fsp3) is 0.636. The number of aliphatic hydroxyl groups is 1. The number of nitrogens with one attached hydrogen (secondary N) is 1. The molecular formula is C11H16BrNO3S2. The van der Waals surface area contributed by atoms with Crippen LogP contribution in [0.2, 0.25) is 0 Å². The molecule has 0 aromatic carbocycles. The van der Waals surface area contributed by atoms with Gasteiger partial charge in [0.15, 0.2) is 0 Å². The summed E-state index contributed by atoms with van der Waals surface area (Å²) in [7, 11) is -3.52. The summed E-state index contributed by atoms with van der Waals surface area (Å²) in [6, 6.07) is 1.29. The molecule has 1 aliphatic rings. The van der Waals surface area contributed by atoms with Crippen LogP contribution < -0.4 is 4.72 Å². The molecule has 1 heterocycles. The molecule has 102 valence electrons. The lowest BCUT2D eigenvalue weighted by atomic mass is 9.93. The zero-order valence-corrected chi connectivity index (χ0v) is 13.2. The van der Waals surface area contributed by atoms with E-state index in [-0.39, 0.29) is 6.04 Å². The van der Waals surface area contributed by atoms with Gasteiger partial charge in [-0.15, -0.1) is 11.3 Å². The third kappa shape index (κ3) is 3.14. The SMILES string of the molecule is Cc1cc(S(=O)(=O)N[C@H]2CCCC[C@@H]2O)sc1Br. The van der Waals surface area contributed by atoms with Crippen molar-refractivity contribution in [1.82, 2.24) is 4.72 Å². The third-order valence-electron chi connectivity index (χ3n) is 3.14. The van der Waals surface area contributed by atoms with Crippen molar-refractivity contribution in [2.45, 2.75) is 49.0 Å². The highest BCUT2D eigenvalue weighted by Crippen LogP contribution is 2.31. The number of thiophene rings is 1. The molecule has 1 aromatic rings. The molecule has 0 unspecified atom stereocenters. The van der Waals surface area contributed by atoms with Gasteiger partial charge >= 0.3 is 0 Å². The van der Waals surface area contributed by atoms with E-state index in [4.69, 9.17) is 0 Å². The maximum atomic E-state index is 12.2. The fourth-order valence-corrected chi connectivity index (χ4v) is 5.62. The molecule has 1 fully saturated rings. The summed E-state index contributed by atoms with van der Waals surface area (Å²) in [4.78, 5) is 0. The predicted molar refractivity (Wildman–Crippen MR) is 75.3 cm³/mol. The summed E-state index contributed by atoms with van der Waals surface area (Å²) in [6.07, 6.45) is 2.71. The molecule has 18 heavy (non-hydrogen) atoms. The molecule has 2 rings (SSSR count). The highest BCUT2D eigenvalue weighted by Gasteiger charge is 2.29. The van der Waals surface area contributed by atoms with Gasteiger partial charge in [-0.3, -0.25) is 0 Å². The number of hydrogen-bond acceptors (Lipinski definition) is 4. The van der Waals surface area contributed by atoms with E-state index in [2.05, 4.69) is 20.7 Å². The van der Waals surface area contributed by atoms with Gasteiger partial charge in [0.2, 0.25) is 10.0 Å². The second kappa shape index (κ2) is 5.58. The highest BCUT2D eigenvalue weighted by atomic mass is 79.9. The minimum atomic E-state index is -3.52. The number of aryl methyl sites for hydroxylation is 1. The summed E-state index contributed by atoms with van der Waals surface area (Å²) in [5, 5.41) is 9.81. The van der Waals surface area contributed by atoms with Crippen LogP contribution in [0.1, 0.15) is 31.2 Å². The predicted octanol–water partition coefficient (Wildman–Crippen LogP) is 2.40. The maximum Gasteiger partial charge on any atom is 0.250 e. The molecule has 7 heteroatoms. The lowest BCUT2D eigenvalue weighted by Gasteiger charge is -2.27. The Balaban J connectivity index is 2.16. The van der Waals surface area contributed by atoms with Crippen LogP contribution in [0, 0.1) is 6.92 Å². The van der Waals surface area contributed by atoms with Crippen molar-refractivity contribution in [3.05, 3.63) is 15.4 Å². The maximum absolute atomic E-state index is 12.2. The van der Waals surface area contributed by atoms with E-state index in [9.17, 15) is 13.5 Å². The largest absolute Gasteiger partial charge is 0.391 e. The summed E-state index contributed by atoms with van der Waals surface area (Å²) in [5.41, 5.74) is 0.907. The van der Waals surface area contributed by atoms with E-state index in [1.807, 2.05) is 6.92 Å². The molecule has 0 saturated heterocycles. The van der Waals surface area contributed by atoms with Gasteiger partial charge in [-0.05, 0) is 47.3 Å². The average Bonchev–Trinajstić information content (AvgIpc) is 2.63. The lowest BCUT2D eigenvalue weighted by molar-refractivity contribution is 0.101. The van der Waals surface area contributed by atoms with Crippen LogP contribution in [-0.4, -0.2) is 25.7 Å². The van der Waals surface area contributed by atoms with Crippen LogP contribution in [0.15, 0.2) is 14.1 Å². The molecule has 1 aliphatic carbocycles. The molecule has 2 N–H and O–H groups in total. The number of aliphatic hydroxyl groups excluding tert-OH is 1. The molecule has 4 nitrogen and oxygen atoms in total. The molecule has 0 radical (unpaired) electrons. The molecule has 0 spiro atoms. The van der Waals surface area contributed by atoms with E-state index in [1.54, 1.807) is 6.07 Å². The highest BCUT2D eigenvalue weighted by molar-refractivity contribution is 9.11. The Labute approximate surface area is 120 Å². The summed E-state index contributed by atoms with van der Waals surface area (Å²) >= 11 is 4.52. The Morgan fingerprint density at radius 2 is 2.11 bits per heavy atom. The Hall–Kier alpha value is 0.0500. The van der Waals surface area contributed by atoms with Gasteiger partial charge in [-0.25, -0.2) is 13.1 Å².